The van der Waals surface area contributed by atoms with E-state index >= 15 is 0 Å². The predicted octanol–water partition coefficient (Wildman–Crippen LogP) is 4.17. The number of nitrogens with one attached hydrogen (secondary N) is 1. The lowest BCUT2D eigenvalue weighted by molar-refractivity contribution is -0.129. The number of hydrogen-bond acceptors (Lipinski definition) is 6. The zero-order chi connectivity index (χ0) is 16.8. The normalized spacial score (nSPS) is 20.0. The van der Waals surface area contributed by atoms with Crippen molar-refractivity contribution in [2.45, 2.75) is 80.6 Å². The Labute approximate surface area is 153 Å². The second-order valence-electron chi connectivity index (χ2n) is 6.94. The molecule has 1 amide bonds. The van der Waals surface area contributed by atoms with Crippen molar-refractivity contribution in [3.05, 3.63) is 0 Å². The maximum Gasteiger partial charge on any atom is 0.233 e. The molecule has 7 heteroatoms. The summed E-state index contributed by atoms with van der Waals surface area (Å²) in [6, 6.07) is 0.980. The minimum Gasteiger partial charge on any atom is -0.357 e. The molecule has 0 radical (unpaired) electrons. The van der Waals surface area contributed by atoms with Gasteiger partial charge in [-0.25, -0.2) is 0 Å². The Bertz CT molecular complexity index is 524. The van der Waals surface area contributed by atoms with E-state index in [9.17, 15) is 4.79 Å². The summed E-state index contributed by atoms with van der Waals surface area (Å²) in [5.74, 6) is 0.675. The van der Waals surface area contributed by atoms with E-state index in [4.69, 9.17) is 0 Å². The molecule has 1 aromatic rings. The van der Waals surface area contributed by atoms with E-state index in [1.165, 1.54) is 63.1 Å². The first-order chi connectivity index (χ1) is 11.7. The molecule has 0 aromatic carbocycles. The SMILES string of the molecule is CN(C(=O)CSc1nnc(NC2CCCCC2)s1)C1CCCCC1. The molecule has 0 bridgehead atoms. The van der Waals surface area contributed by atoms with Crippen molar-refractivity contribution in [2.24, 2.45) is 0 Å². The monoisotopic (exact) mass is 368 g/mol. The summed E-state index contributed by atoms with van der Waals surface area (Å²) in [4.78, 5) is 14.3. The van der Waals surface area contributed by atoms with Crippen molar-refractivity contribution in [1.29, 1.82) is 0 Å². The molecule has 24 heavy (non-hydrogen) atoms. The Kier molecular flexibility index (Phi) is 6.77. The molecule has 2 aliphatic carbocycles. The van der Waals surface area contributed by atoms with Crippen LogP contribution in [0.4, 0.5) is 5.13 Å². The predicted molar refractivity (Wildman–Crippen MR) is 101 cm³/mol. The molecule has 2 saturated carbocycles. The van der Waals surface area contributed by atoms with Crippen molar-refractivity contribution in [1.82, 2.24) is 15.1 Å². The Morgan fingerprint density at radius 3 is 2.50 bits per heavy atom. The third kappa shape index (κ3) is 5.09. The largest absolute Gasteiger partial charge is 0.357 e. The van der Waals surface area contributed by atoms with Gasteiger partial charge >= 0.3 is 0 Å². The second kappa shape index (κ2) is 9.04. The van der Waals surface area contributed by atoms with Crippen LogP contribution in [0.15, 0.2) is 4.34 Å². The van der Waals surface area contributed by atoms with Crippen LogP contribution < -0.4 is 5.32 Å². The topological polar surface area (TPSA) is 58.1 Å². The van der Waals surface area contributed by atoms with Gasteiger partial charge in [0.1, 0.15) is 0 Å². The molecule has 0 aliphatic heterocycles. The Hall–Kier alpha value is -0.820. The van der Waals surface area contributed by atoms with Crippen molar-refractivity contribution in [3.63, 3.8) is 0 Å². The van der Waals surface area contributed by atoms with E-state index in [0.717, 1.165) is 22.3 Å². The molecule has 0 atom stereocenters. The molecule has 3 rings (SSSR count). The fourth-order valence-electron chi connectivity index (χ4n) is 3.65. The highest BCUT2D eigenvalue weighted by Gasteiger charge is 2.22. The maximum atomic E-state index is 12.4. The highest BCUT2D eigenvalue weighted by molar-refractivity contribution is 8.01. The number of carbonyl (C=O) groups is 1. The Morgan fingerprint density at radius 1 is 1.12 bits per heavy atom. The number of thioether (sulfide) groups is 1. The molecule has 1 heterocycles. The summed E-state index contributed by atoms with van der Waals surface area (Å²) in [5, 5.41) is 12.9. The number of carbonyl (C=O) groups excluding carboxylic acids is 1. The third-order valence-electron chi connectivity index (χ3n) is 5.17. The van der Waals surface area contributed by atoms with Crippen LogP contribution in [0, 0.1) is 0 Å². The van der Waals surface area contributed by atoms with Crippen LogP contribution in [0.1, 0.15) is 64.2 Å². The highest BCUT2D eigenvalue weighted by atomic mass is 32.2. The quantitative estimate of drug-likeness (QED) is 0.764. The van der Waals surface area contributed by atoms with Crippen molar-refractivity contribution < 1.29 is 4.79 Å². The standard InChI is InChI=1S/C17H28N4OS2/c1-21(14-10-6-3-7-11-14)15(22)12-23-17-20-19-16(24-17)18-13-8-4-2-5-9-13/h13-14H,2-12H2,1H3,(H,18,19). The molecule has 5 nitrogen and oxygen atoms in total. The summed E-state index contributed by atoms with van der Waals surface area (Å²) < 4.78 is 0.888. The Morgan fingerprint density at radius 2 is 1.79 bits per heavy atom. The maximum absolute atomic E-state index is 12.4. The van der Waals surface area contributed by atoms with Crippen molar-refractivity contribution in [3.8, 4) is 0 Å². The fourth-order valence-corrected chi connectivity index (χ4v) is 5.40. The van der Waals surface area contributed by atoms with E-state index in [1.807, 2.05) is 11.9 Å². The van der Waals surface area contributed by atoms with Crippen LogP contribution in [0.3, 0.4) is 0 Å². The van der Waals surface area contributed by atoms with Gasteiger partial charge in [-0.1, -0.05) is 61.6 Å². The van der Waals surface area contributed by atoms with E-state index in [2.05, 4.69) is 15.5 Å². The number of aromatic nitrogens is 2. The van der Waals surface area contributed by atoms with Crippen LogP contribution in [-0.2, 0) is 4.79 Å². The molecule has 0 saturated heterocycles. The average Bonchev–Trinajstić information content (AvgIpc) is 3.08. The first-order valence-electron chi connectivity index (χ1n) is 9.21. The van der Waals surface area contributed by atoms with Gasteiger partial charge in [0.2, 0.25) is 11.0 Å². The lowest BCUT2D eigenvalue weighted by atomic mass is 9.94. The van der Waals surface area contributed by atoms with Gasteiger partial charge in [0, 0.05) is 19.1 Å². The van der Waals surface area contributed by atoms with Crippen LogP contribution in [0.2, 0.25) is 0 Å². The minimum absolute atomic E-state index is 0.212. The summed E-state index contributed by atoms with van der Waals surface area (Å²) in [5.41, 5.74) is 0. The average molecular weight is 369 g/mol. The lowest BCUT2D eigenvalue weighted by Crippen LogP contribution is -2.39. The minimum atomic E-state index is 0.212. The molecule has 2 fully saturated rings. The van der Waals surface area contributed by atoms with Gasteiger partial charge in [-0.15, -0.1) is 10.2 Å². The zero-order valence-electron chi connectivity index (χ0n) is 14.5. The number of nitrogens with zero attached hydrogens (tertiary/aromatic N) is 3. The highest BCUT2D eigenvalue weighted by Crippen LogP contribution is 2.29. The summed E-state index contributed by atoms with van der Waals surface area (Å²) in [6.45, 7) is 0. The molecule has 2 aliphatic rings. The second-order valence-corrected chi connectivity index (χ2v) is 9.14. The van der Waals surface area contributed by atoms with Crippen LogP contribution >= 0.6 is 23.1 Å². The molecule has 1 aromatic heterocycles. The molecule has 134 valence electrons. The molecular formula is C17H28N4OS2. The number of hydrogen-bond donors (Lipinski definition) is 1. The summed E-state index contributed by atoms with van der Waals surface area (Å²) in [6.07, 6.45) is 12.5. The van der Waals surface area contributed by atoms with Gasteiger partial charge in [0.15, 0.2) is 4.34 Å². The smallest absolute Gasteiger partial charge is 0.233 e. The van der Waals surface area contributed by atoms with Crippen LogP contribution in [-0.4, -0.2) is 45.9 Å². The molecular weight excluding hydrogens is 340 g/mol. The molecule has 0 spiro atoms. The van der Waals surface area contributed by atoms with Gasteiger partial charge in [0.25, 0.3) is 0 Å². The molecule has 1 N–H and O–H groups in total. The number of anilines is 1. The van der Waals surface area contributed by atoms with Gasteiger partial charge in [-0.3, -0.25) is 4.79 Å². The van der Waals surface area contributed by atoms with Crippen molar-refractivity contribution in [2.75, 3.05) is 18.1 Å². The summed E-state index contributed by atoms with van der Waals surface area (Å²) in [7, 11) is 1.95. The third-order valence-corrected chi connectivity index (χ3v) is 7.15. The van der Waals surface area contributed by atoms with Gasteiger partial charge in [-0.05, 0) is 25.7 Å². The fraction of sp³-hybridized carbons (Fsp3) is 0.824. The first kappa shape index (κ1) is 18.0. The van der Waals surface area contributed by atoms with Crippen LogP contribution in [0.25, 0.3) is 0 Å². The lowest BCUT2D eigenvalue weighted by Gasteiger charge is -2.31. The zero-order valence-corrected chi connectivity index (χ0v) is 16.1. The van der Waals surface area contributed by atoms with Gasteiger partial charge < -0.3 is 10.2 Å². The van der Waals surface area contributed by atoms with Crippen molar-refractivity contribution >= 4 is 34.1 Å². The number of amides is 1. The number of rotatable bonds is 6. The van der Waals surface area contributed by atoms with E-state index in [1.54, 1.807) is 11.3 Å². The van der Waals surface area contributed by atoms with E-state index in [-0.39, 0.29) is 5.91 Å². The van der Waals surface area contributed by atoms with E-state index < -0.39 is 0 Å². The molecule has 0 unspecified atom stereocenters. The summed E-state index contributed by atoms with van der Waals surface area (Å²) >= 11 is 3.09. The van der Waals surface area contributed by atoms with Gasteiger partial charge in [-0.2, -0.15) is 0 Å². The van der Waals surface area contributed by atoms with E-state index in [0.29, 0.717) is 17.8 Å². The Balaban J connectivity index is 1.43. The van der Waals surface area contributed by atoms with Crippen LogP contribution in [0.5, 0.6) is 0 Å². The van der Waals surface area contributed by atoms with Gasteiger partial charge in [0.05, 0.1) is 5.75 Å². The first-order valence-corrected chi connectivity index (χ1v) is 11.0.